The lowest BCUT2D eigenvalue weighted by Gasteiger charge is -1.91. The van der Waals surface area contributed by atoms with Gasteiger partial charge in [-0.05, 0) is 18.6 Å². The summed E-state index contributed by atoms with van der Waals surface area (Å²) in [4.78, 5) is 4.00. The maximum atomic E-state index is 4.51. The fourth-order valence-electron chi connectivity index (χ4n) is 1.61. The Morgan fingerprint density at radius 2 is 2.38 bits per heavy atom. The molecule has 3 heterocycles. The summed E-state index contributed by atoms with van der Waals surface area (Å²) in [6, 6.07) is 3.97. The van der Waals surface area contributed by atoms with E-state index in [-0.39, 0.29) is 0 Å². The predicted octanol–water partition coefficient (Wildman–Crippen LogP) is 2.13. The molecule has 0 fully saturated rings. The van der Waals surface area contributed by atoms with Crippen molar-refractivity contribution in [2.45, 2.75) is 19.8 Å². The molecule has 1 N–H and O–H groups in total. The number of nitrogens with one attached hydrogen (secondary N) is 1. The average Bonchev–Trinajstić information content (AvgIpc) is 2.93. The van der Waals surface area contributed by atoms with Crippen molar-refractivity contribution in [2.24, 2.45) is 0 Å². The molecular weight excluding hydrogens is 222 g/mol. The fraction of sp³-hybridized carbons (Fsp3) is 0.300. The predicted molar refractivity (Wildman–Crippen MR) is 62.4 cm³/mol. The van der Waals surface area contributed by atoms with E-state index < -0.39 is 0 Å². The van der Waals surface area contributed by atoms with Crippen LogP contribution in [0.5, 0.6) is 0 Å². The molecule has 0 spiro atoms. The first-order chi connectivity index (χ1) is 7.88. The van der Waals surface area contributed by atoms with Crippen molar-refractivity contribution in [3.05, 3.63) is 24.2 Å². The molecule has 0 aliphatic heterocycles. The number of aromatic nitrogens is 5. The van der Waals surface area contributed by atoms with Gasteiger partial charge in [0.25, 0.3) is 0 Å². The monoisotopic (exact) mass is 233 g/mol. The van der Waals surface area contributed by atoms with Gasteiger partial charge < -0.3 is 4.98 Å². The maximum Gasteiger partial charge on any atom is 0.235 e. The Kier molecular flexibility index (Phi) is 2.21. The van der Waals surface area contributed by atoms with E-state index in [0.29, 0.717) is 0 Å². The minimum atomic E-state index is 0.855. The first kappa shape index (κ1) is 9.53. The standard InChI is InChI=1S/C10H11N5S/c1-2-4-8-12-13-10-15(8)14-9(16-10)7-5-3-6-11-7/h3,5-6,11H,2,4H2,1H3. The van der Waals surface area contributed by atoms with E-state index in [0.717, 1.165) is 34.3 Å². The number of fused-ring (bicyclic) bond motifs is 1. The number of H-pyrrole nitrogens is 1. The lowest BCUT2D eigenvalue weighted by Crippen LogP contribution is -1.95. The van der Waals surface area contributed by atoms with Gasteiger partial charge in [0.1, 0.15) is 0 Å². The van der Waals surface area contributed by atoms with Gasteiger partial charge in [-0.2, -0.15) is 9.61 Å². The van der Waals surface area contributed by atoms with Crippen LogP contribution in [0.1, 0.15) is 19.2 Å². The highest BCUT2D eigenvalue weighted by molar-refractivity contribution is 7.19. The first-order valence-electron chi connectivity index (χ1n) is 5.23. The molecule has 3 aromatic heterocycles. The molecule has 6 heteroatoms. The van der Waals surface area contributed by atoms with Crippen molar-refractivity contribution >= 4 is 16.3 Å². The summed E-state index contributed by atoms with van der Waals surface area (Å²) in [6.07, 6.45) is 3.86. The SMILES string of the molecule is CCCc1nnc2sc(-c3ccc[nH]3)nn12. The number of aryl methyl sites for hydroxylation is 1. The van der Waals surface area contributed by atoms with E-state index in [1.165, 1.54) is 0 Å². The van der Waals surface area contributed by atoms with Crippen molar-refractivity contribution in [3.8, 4) is 10.7 Å². The Morgan fingerprint density at radius 1 is 1.44 bits per heavy atom. The van der Waals surface area contributed by atoms with Gasteiger partial charge in [0, 0.05) is 12.6 Å². The number of hydrogen-bond donors (Lipinski definition) is 1. The van der Waals surface area contributed by atoms with E-state index in [9.17, 15) is 0 Å². The molecular formula is C10H11N5S. The molecule has 0 aromatic carbocycles. The summed E-state index contributed by atoms with van der Waals surface area (Å²) < 4.78 is 1.84. The van der Waals surface area contributed by atoms with E-state index in [1.807, 2.05) is 22.8 Å². The second kappa shape index (κ2) is 3.71. The van der Waals surface area contributed by atoms with Crippen molar-refractivity contribution in [3.63, 3.8) is 0 Å². The Labute approximate surface area is 96.1 Å². The zero-order valence-corrected chi connectivity index (χ0v) is 9.66. The van der Waals surface area contributed by atoms with Crippen LogP contribution in [-0.4, -0.2) is 24.8 Å². The molecule has 16 heavy (non-hydrogen) atoms. The molecule has 0 radical (unpaired) electrons. The molecule has 3 rings (SSSR count). The van der Waals surface area contributed by atoms with Crippen molar-refractivity contribution in [1.82, 2.24) is 24.8 Å². The molecule has 0 aliphatic carbocycles. The van der Waals surface area contributed by atoms with Gasteiger partial charge in [0.05, 0.1) is 5.69 Å². The summed E-state index contributed by atoms with van der Waals surface area (Å²) in [7, 11) is 0. The van der Waals surface area contributed by atoms with Crippen LogP contribution in [-0.2, 0) is 6.42 Å². The Balaban J connectivity index is 2.09. The second-order valence-electron chi connectivity index (χ2n) is 3.55. The summed E-state index contributed by atoms with van der Waals surface area (Å²) in [5.41, 5.74) is 1.03. The molecule has 0 aliphatic rings. The van der Waals surface area contributed by atoms with Crippen LogP contribution in [0, 0.1) is 0 Å². The average molecular weight is 233 g/mol. The molecule has 0 saturated heterocycles. The highest BCUT2D eigenvalue weighted by Crippen LogP contribution is 2.23. The van der Waals surface area contributed by atoms with E-state index in [1.54, 1.807) is 11.3 Å². The molecule has 0 saturated carbocycles. The van der Waals surface area contributed by atoms with Crippen LogP contribution in [0.25, 0.3) is 15.7 Å². The van der Waals surface area contributed by atoms with Crippen LogP contribution in [0.4, 0.5) is 0 Å². The summed E-state index contributed by atoms with van der Waals surface area (Å²) >= 11 is 1.55. The van der Waals surface area contributed by atoms with Crippen LogP contribution in [0.3, 0.4) is 0 Å². The minimum absolute atomic E-state index is 0.855. The number of nitrogens with zero attached hydrogens (tertiary/aromatic N) is 4. The molecule has 5 nitrogen and oxygen atoms in total. The summed E-state index contributed by atoms with van der Waals surface area (Å²) in [5, 5.41) is 13.7. The van der Waals surface area contributed by atoms with Crippen LogP contribution in [0.2, 0.25) is 0 Å². The Hall–Kier alpha value is -1.69. The summed E-state index contributed by atoms with van der Waals surface area (Å²) in [6.45, 7) is 2.12. The molecule has 0 amide bonds. The normalized spacial score (nSPS) is 11.3. The first-order valence-corrected chi connectivity index (χ1v) is 6.05. The van der Waals surface area contributed by atoms with Gasteiger partial charge in [-0.3, -0.25) is 0 Å². The van der Waals surface area contributed by atoms with Gasteiger partial charge >= 0.3 is 0 Å². The number of rotatable bonds is 3. The summed E-state index contributed by atoms with van der Waals surface area (Å²) in [5.74, 6) is 0.937. The third-order valence-electron chi connectivity index (χ3n) is 2.36. The van der Waals surface area contributed by atoms with Gasteiger partial charge in [-0.25, -0.2) is 0 Å². The zero-order valence-electron chi connectivity index (χ0n) is 8.84. The number of aromatic amines is 1. The van der Waals surface area contributed by atoms with Crippen LogP contribution >= 0.6 is 11.3 Å². The lowest BCUT2D eigenvalue weighted by atomic mass is 10.3. The third-order valence-corrected chi connectivity index (χ3v) is 3.29. The van der Waals surface area contributed by atoms with Gasteiger partial charge in [-0.1, -0.05) is 18.3 Å². The van der Waals surface area contributed by atoms with Crippen molar-refractivity contribution < 1.29 is 0 Å². The highest BCUT2D eigenvalue weighted by atomic mass is 32.1. The maximum absolute atomic E-state index is 4.51. The van der Waals surface area contributed by atoms with Gasteiger partial charge in [0.2, 0.25) is 4.96 Å². The second-order valence-corrected chi connectivity index (χ2v) is 4.51. The van der Waals surface area contributed by atoms with E-state index in [4.69, 9.17) is 0 Å². The molecule has 82 valence electrons. The van der Waals surface area contributed by atoms with Crippen LogP contribution in [0.15, 0.2) is 18.3 Å². The minimum Gasteiger partial charge on any atom is -0.359 e. The Morgan fingerprint density at radius 3 is 3.12 bits per heavy atom. The Bertz CT molecular complexity index is 592. The third kappa shape index (κ3) is 1.42. The lowest BCUT2D eigenvalue weighted by molar-refractivity contribution is 0.778. The van der Waals surface area contributed by atoms with E-state index >= 15 is 0 Å². The largest absolute Gasteiger partial charge is 0.359 e. The smallest absolute Gasteiger partial charge is 0.235 e. The fourth-order valence-corrected chi connectivity index (χ4v) is 2.46. The van der Waals surface area contributed by atoms with Gasteiger partial charge in [0.15, 0.2) is 10.8 Å². The number of hydrogen-bond acceptors (Lipinski definition) is 4. The quantitative estimate of drug-likeness (QED) is 0.754. The van der Waals surface area contributed by atoms with Crippen LogP contribution < -0.4 is 0 Å². The van der Waals surface area contributed by atoms with Gasteiger partial charge in [-0.15, -0.1) is 10.2 Å². The molecule has 3 aromatic rings. The highest BCUT2D eigenvalue weighted by Gasteiger charge is 2.12. The molecule has 0 unspecified atom stereocenters. The molecule has 0 bridgehead atoms. The topological polar surface area (TPSA) is 58.9 Å². The van der Waals surface area contributed by atoms with Crippen molar-refractivity contribution in [1.29, 1.82) is 0 Å². The van der Waals surface area contributed by atoms with Crippen molar-refractivity contribution in [2.75, 3.05) is 0 Å². The zero-order chi connectivity index (χ0) is 11.0. The van der Waals surface area contributed by atoms with E-state index in [2.05, 4.69) is 27.2 Å². The molecule has 0 atom stereocenters.